The average molecular weight is 511 g/mol. The maximum Gasteiger partial charge on any atom is 0.365 e. The highest BCUT2D eigenvalue weighted by Gasteiger charge is 2.21. The van der Waals surface area contributed by atoms with Crippen molar-refractivity contribution in [1.29, 1.82) is 5.26 Å². The number of nitrogens with zero attached hydrogens (tertiary/aromatic N) is 4. The number of carbonyl (C=O) groups excluding carboxylic acids is 1. The van der Waals surface area contributed by atoms with Crippen LogP contribution in [0.15, 0.2) is 65.8 Å². The summed E-state index contributed by atoms with van der Waals surface area (Å²) in [5.41, 5.74) is 3.38. The van der Waals surface area contributed by atoms with Crippen molar-refractivity contribution in [3.05, 3.63) is 87.5 Å². The fourth-order valence-corrected chi connectivity index (χ4v) is 4.94. The van der Waals surface area contributed by atoms with Crippen molar-refractivity contribution in [2.75, 3.05) is 0 Å². The van der Waals surface area contributed by atoms with E-state index in [1.165, 1.54) is 6.07 Å². The minimum absolute atomic E-state index is 0.00495. The Balaban J connectivity index is 1.84. The molecule has 0 saturated carbocycles. The van der Waals surface area contributed by atoms with Crippen LogP contribution in [-0.4, -0.2) is 21.2 Å². The number of benzene rings is 3. The lowest BCUT2D eigenvalue weighted by Gasteiger charge is -2.17. The smallest absolute Gasteiger partial charge is 0.340 e. The van der Waals surface area contributed by atoms with Crippen molar-refractivity contribution < 1.29 is 14.6 Å². The SMILES string of the molecule is CCCCC(CC)Cn1c2ccc([N+](=O)[O-])cc2c2c(C)c(C(C#N)=NOC(=O)c3ccccc3)ccc21. The Morgan fingerprint density at radius 2 is 1.87 bits per heavy atom. The number of aromatic nitrogens is 1. The van der Waals surface area contributed by atoms with Crippen molar-refractivity contribution in [3.8, 4) is 6.07 Å². The largest absolute Gasteiger partial charge is 0.365 e. The molecule has 1 atom stereocenters. The number of oxime groups is 1. The van der Waals surface area contributed by atoms with Gasteiger partial charge in [-0.15, -0.1) is 0 Å². The Morgan fingerprint density at radius 1 is 1.13 bits per heavy atom. The zero-order valence-corrected chi connectivity index (χ0v) is 21.8. The fraction of sp³-hybridized carbons (Fsp3) is 0.300. The van der Waals surface area contributed by atoms with E-state index in [1.807, 2.05) is 19.1 Å². The Labute approximate surface area is 221 Å². The number of unbranched alkanes of at least 4 members (excludes halogenated alkanes) is 1. The van der Waals surface area contributed by atoms with Crippen molar-refractivity contribution in [2.24, 2.45) is 11.1 Å². The number of carbonyl (C=O) groups is 1. The molecule has 8 heteroatoms. The topological polar surface area (TPSA) is 111 Å². The van der Waals surface area contributed by atoms with Gasteiger partial charge in [0.2, 0.25) is 0 Å². The van der Waals surface area contributed by atoms with Crippen molar-refractivity contribution in [3.63, 3.8) is 0 Å². The highest BCUT2D eigenvalue weighted by Crippen LogP contribution is 2.36. The van der Waals surface area contributed by atoms with Crippen molar-refractivity contribution in [2.45, 2.75) is 53.0 Å². The Hall–Kier alpha value is -4.51. The van der Waals surface area contributed by atoms with E-state index in [0.29, 0.717) is 17.0 Å². The fourth-order valence-electron chi connectivity index (χ4n) is 4.94. The first-order chi connectivity index (χ1) is 18.4. The molecule has 3 aromatic carbocycles. The van der Waals surface area contributed by atoms with Gasteiger partial charge in [-0.1, -0.05) is 56.5 Å². The quantitative estimate of drug-likeness (QED) is 0.0961. The highest BCUT2D eigenvalue weighted by molar-refractivity contribution is 6.18. The molecule has 0 aliphatic rings. The molecule has 4 aromatic rings. The van der Waals surface area contributed by atoms with Crippen molar-refractivity contribution in [1.82, 2.24) is 4.57 Å². The first-order valence-corrected chi connectivity index (χ1v) is 12.8. The summed E-state index contributed by atoms with van der Waals surface area (Å²) >= 11 is 0. The van der Waals surface area contributed by atoms with E-state index in [2.05, 4.69) is 23.6 Å². The molecule has 1 aromatic heterocycles. The van der Waals surface area contributed by atoms with Crippen LogP contribution in [0.25, 0.3) is 21.8 Å². The molecular weight excluding hydrogens is 480 g/mol. The summed E-state index contributed by atoms with van der Waals surface area (Å²) < 4.78 is 2.23. The van der Waals surface area contributed by atoms with Gasteiger partial charge >= 0.3 is 5.97 Å². The summed E-state index contributed by atoms with van der Waals surface area (Å²) in [6.07, 6.45) is 4.41. The number of fused-ring (bicyclic) bond motifs is 3. The predicted molar refractivity (Wildman–Crippen MR) is 148 cm³/mol. The third kappa shape index (κ3) is 5.28. The van der Waals surface area contributed by atoms with Crippen LogP contribution in [-0.2, 0) is 11.4 Å². The lowest BCUT2D eigenvalue weighted by molar-refractivity contribution is -0.384. The molecule has 0 saturated heterocycles. The van der Waals surface area contributed by atoms with Crippen LogP contribution in [0.2, 0.25) is 0 Å². The van der Waals surface area contributed by atoms with Gasteiger partial charge in [0.1, 0.15) is 6.07 Å². The molecule has 8 nitrogen and oxygen atoms in total. The van der Waals surface area contributed by atoms with Gasteiger partial charge in [-0.25, -0.2) is 4.79 Å². The number of nitro benzene ring substituents is 1. The standard InChI is InChI=1S/C30H30N4O4/c1-4-6-10-21(5-2)19-33-27-15-13-23(34(36)37)17-25(27)29-20(3)24(14-16-28(29)33)26(18-31)32-38-30(35)22-11-8-7-9-12-22/h7-9,11-17,21H,4-6,10,19H2,1-3H3. The van der Waals surface area contributed by atoms with Gasteiger partial charge in [0, 0.05) is 46.0 Å². The van der Waals surface area contributed by atoms with Gasteiger partial charge in [0.05, 0.1) is 10.5 Å². The van der Waals surface area contributed by atoms with Gasteiger partial charge in [0.25, 0.3) is 5.69 Å². The summed E-state index contributed by atoms with van der Waals surface area (Å²) in [6, 6.07) is 19.1. The average Bonchev–Trinajstić information content (AvgIpc) is 3.25. The molecule has 194 valence electrons. The monoisotopic (exact) mass is 510 g/mol. The number of nitriles is 1. The molecule has 0 fully saturated rings. The van der Waals surface area contributed by atoms with E-state index in [9.17, 15) is 20.2 Å². The summed E-state index contributed by atoms with van der Waals surface area (Å²) in [7, 11) is 0. The highest BCUT2D eigenvalue weighted by atomic mass is 16.7. The first kappa shape index (κ1) is 26.6. The molecule has 0 amide bonds. The molecule has 38 heavy (non-hydrogen) atoms. The second kappa shape index (κ2) is 11.7. The zero-order valence-electron chi connectivity index (χ0n) is 21.8. The van der Waals surface area contributed by atoms with Crippen molar-refractivity contribution >= 4 is 39.2 Å². The van der Waals surface area contributed by atoms with Crippen LogP contribution < -0.4 is 0 Å². The molecule has 0 spiro atoms. The molecule has 0 N–H and O–H groups in total. The Morgan fingerprint density at radius 3 is 2.53 bits per heavy atom. The Bertz CT molecular complexity index is 1560. The minimum atomic E-state index is -0.665. The lowest BCUT2D eigenvalue weighted by atomic mass is 9.98. The van der Waals surface area contributed by atoms with E-state index in [4.69, 9.17) is 4.84 Å². The van der Waals surface area contributed by atoms with Crippen LogP contribution in [0.1, 0.15) is 61.0 Å². The van der Waals surface area contributed by atoms with E-state index in [0.717, 1.165) is 59.6 Å². The van der Waals surface area contributed by atoms with E-state index in [1.54, 1.807) is 48.5 Å². The maximum absolute atomic E-state index is 12.4. The Kier molecular flexibility index (Phi) is 8.17. The van der Waals surface area contributed by atoms with E-state index in [-0.39, 0.29) is 11.4 Å². The van der Waals surface area contributed by atoms with Gasteiger partial charge in [0.15, 0.2) is 5.71 Å². The van der Waals surface area contributed by atoms with Gasteiger partial charge in [-0.05, 0) is 55.2 Å². The molecule has 0 radical (unpaired) electrons. The molecule has 0 aliphatic carbocycles. The second-order valence-electron chi connectivity index (χ2n) is 9.41. The third-order valence-electron chi connectivity index (χ3n) is 7.06. The number of hydrogen-bond acceptors (Lipinski definition) is 6. The van der Waals surface area contributed by atoms with Crippen LogP contribution >= 0.6 is 0 Å². The first-order valence-electron chi connectivity index (χ1n) is 12.8. The molecule has 0 aliphatic heterocycles. The van der Waals surface area contributed by atoms with Crippen LogP contribution in [0.5, 0.6) is 0 Å². The second-order valence-corrected chi connectivity index (χ2v) is 9.41. The number of rotatable bonds is 10. The van der Waals surface area contributed by atoms with E-state index < -0.39 is 10.9 Å². The number of aryl methyl sites for hydroxylation is 1. The molecule has 0 bridgehead atoms. The normalized spacial score (nSPS) is 12.4. The van der Waals surface area contributed by atoms with Gasteiger partial charge < -0.3 is 9.40 Å². The van der Waals surface area contributed by atoms with Crippen LogP contribution in [0.3, 0.4) is 0 Å². The minimum Gasteiger partial charge on any atom is -0.340 e. The zero-order chi connectivity index (χ0) is 27.2. The summed E-state index contributed by atoms with van der Waals surface area (Å²) in [6.45, 7) is 7.03. The predicted octanol–water partition coefficient (Wildman–Crippen LogP) is 7.31. The van der Waals surface area contributed by atoms with E-state index >= 15 is 0 Å². The number of hydrogen-bond donors (Lipinski definition) is 0. The summed E-state index contributed by atoms with van der Waals surface area (Å²) in [5, 5.41) is 26.9. The molecular formula is C30H30N4O4. The third-order valence-corrected chi connectivity index (χ3v) is 7.06. The summed E-state index contributed by atoms with van der Waals surface area (Å²) in [4.78, 5) is 28.6. The molecule has 1 unspecified atom stereocenters. The van der Waals surface area contributed by atoms with Crippen LogP contribution in [0, 0.1) is 34.3 Å². The lowest BCUT2D eigenvalue weighted by Crippen LogP contribution is -2.10. The molecule has 4 rings (SSSR count). The maximum atomic E-state index is 12.4. The summed E-state index contributed by atoms with van der Waals surface area (Å²) in [5.74, 6) is -0.195. The van der Waals surface area contributed by atoms with Crippen LogP contribution in [0.4, 0.5) is 5.69 Å². The number of non-ortho nitro benzene ring substituents is 1. The number of nitro groups is 1. The van der Waals surface area contributed by atoms with Gasteiger partial charge in [-0.3, -0.25) is 10.1 Å². The molecule has 1 heterocycles. The van der Waals surface area contributed by atoms with Gasteiger partial charge in [-0.2, -0.15) is 5.26 Å².